The van der Waals surface area contributed by atoms with Crippen LogP contribution in [-0.2, 0) is 13.1 Å². The molecular weight excluding hydrogens is 241 g/mol. The number of benzene rings is 1. The van der Waals surface area contributed by atoms with Crippen molar-refractivity contribution < 1.29 is 4.39 Å². The van der Waals surface area contributed by atoms with Gasteiger partial charge in [0.05, 0.1) is 11.2 Å². The van der Waals surface area contributed by atoms with Crippen molar-refractivity contribution in [1.29, 1.82) is 0 Å². The SMILES string of the molecule is CCn1nc(CNC2(CF)CCC2)c2ccccc21. The third-order valence-corrected chi connectivity index (χ3v) is 4.23. The lowest BCUT2D eigenvalue weighted by molar-refractivity contribution is 0.137. The molecule has 102 valence electrons. The first-order valence-corrected chi connectivity index (χ1v) is 7.03. The number of fused-ring (bicyclic) bond motifs is 1. The number of nitrogens with one attached hydrogen (secondary N) is 1. The highest BCUT2D eigenvalue weighted by atomic mass is 19.1. The van der Waals surface area contributed by atoms with Crippen LogP contribution >= 0.6 is 0 Å². The molecule has 1 N–H and O–H groups in total. The normalized spacial score (nSPS) is 17.6. The van der Waals surface area contributed by atoms with Gasteiger partial charge in [-0.15, -0.1) is 0 Å². The molecule has 0 amide bonds. The highest BCUT2D eigenvalue weighted by Gasteiger charge is 2.36. The van der Waals surface area contributed by atoms with Crippen LogP contribution in [0.3, 0.4) is 0 Å². The van der Waals surface area contributed by atoms with Crippen molar-refractivity contribution >= 4 is 10.9 Å². The van der Waals surface area contributed by atoms with Gasteiger partial charge in [-0.2, -0.15) is 5.10 Å². The van der Waals surface area contributed by atoms with Gasteiger partial charge in [0, 0.05) is 24.0 Å². The molecule has 2 aromatic rings. The van der Waals surface area contributed by atoms with Crippen LogP contribution < -0.4 is 5.32 Å². The summed E-state index contributed by atoms with van der Waals surface area (Å²) >= 11 is 0. The molecule has 1 fully saturated rings. The van der Waals surface area contributed by atoms with E-state index in [9.17, 15) is 4.39 Å². The lowest BCUT2D eigenvalue weighted by Crippen LogP contribution is -2.52. The van der Waals surface area contributed by atoms with E-state index in [0.29, 0.717) is 6.54 Å². The van der Waals surface area contributed by atoms with Crippen LogP contribution in [0.2, 0.25) is 0 Å². The third-order valence-electron chi connectivity index (χ3n) is 4.23. The quantitative estimate of drug-likeness (QED) is 0.896. The second-order valence-electron chi connectivity index (χ2n) is 5.40. The largest absolute Gasteiger partial charge is 0.303 e. The first-order valence-electron chi connectivity index (χ1n) is 7.03. The second-order valence-corrected chi connectivity index (χ2v) is 5.40. The smallest absolute Gasteiger partial charge is 0.108 e. The fourth-order valence-corrected chi connectivity index (χ4v) is 2.80. The Morgan fingerprint density at radius 3 is 2.79 bits per heavy atom. The predicted octanol–water partition coefficient (Wildman–Crippen LogP) is 3.04. The summed E-state index contributed by atoms with van der Waals surface area (Å²) in [5, 5.41) is 9.18. The second kappa shape index (κ2) is 4.93. The minimum Gasteiger partial charge on any atom is -0.303 e. The summed E-state index contributed by atoms with van der Waals surface area (Å²) in [6.45, 7) is 3.32. The standard InChI is InChI=1S/C15H20FN3/c1-2-19-14-7-4-3-6-12(14)13(18-19)10-17-15(11-16)8-5-9-15/h3-4,6-7,17H,2,5,8-11H2,1H3. The number of para-hydroxylation sites is 1. The molecular formula is C15H20FN3. The Morgan fingerprint density at radius 2 is 2.16 bits per heavy atom. The van der Waals surface area contributed by atoms with E-state index >= 15 is 0 Å². The van der Waals surface area contributed by atoms with E-state index in [2.05, 4.69) is 29.5 Å². The van der Waals surface area contributed by atoms with Gasteiger partial charge in [0.15, 0.2) is 0 Å². The van der Waals surface area contributed by atoms with Gasteiger partial charge in [-0.05, 0) is 32.3 Å². The van der Waals surface area contributed by atoms with Gasteiger partial charge in [-0.1, -0.05) is 18.2 Å². The van der Waals surface area contributed by atoms with Crippen molar-refractivity contribution in [2.75, 3.05) is 6.67 Å². The molecule has 1 aliphatic rings. The van der Waals surface area contributed by atoms with Crippen LogP contribution in [0.4, 0.5) is 4.39 Å². The molecule has 0 atom stereocenters. The Bertz CT molecular complexity index is 566. The van der Waals surface area contributed by atoms with Crippen LogP contribution in [0.25, 0.3) is 10.9 Å². The van der Waals surface area contributed by atoms with Crippen molar-refractivity contribution in [2.45, 2.75) is 44.8 Å². The number of nitrogens with zero attached hydrogens (tertiary/aromatic N) is 2. The van der Waals surface area contributed by atoms with Crippen molar-refractivity contribution in [3.8, 4) is 0 Å². The molecule has 0 saturated heterocycles. The zero-order valence-corrected chi connectivity index (χ0v) is 11.3. The molecule has 1 heterocycles. The summed E-state index contributed by atoms with van der Waals surface area (Å²) in [5.74, 6) is 0. The molecule has 3 nitrogen and oxygen atoms in total. The van der Waals surface area contributed by atoms with E-state index in [4.69, 9.17) is 0 Å². The van der Waals surface area contributed by atoms with Crippen LogP contribution in [0.15, 0.2) is 24.3 Å². The molecule has 1 aromatic carbocycles. The van der Waals surface area contributed by atoms with E-state index in [-0.39, 0.29) is 12.2 Å². The Balaban J connectivity index is 1.84. The van der Waals surface area contributed by atoms with Crippen LogP contribution in [0.5, 0.6) is 0 Å². The Labute approximate surface area is 112 Å². The molecule has 1 aromatic heterocycles. The third kappa shape index (κ3) is 2.14. The predicted molar refractivity (Wildman–Crippen MR) is 74.8 cm³/mol. The molecule has 0 spiro atoms. The molecule has 0 radical (unpaired) electrons. The summed E-state index contributed by atoms with van der Waals surface area (Å²) in [6, 6.07) is 8.24. The lowest BCUT2D eigenvalue weighted by atomic mass is 9.78. The average Bonchev–Trinajstić information content (AvgIpc) is 2.77. The maximum absolute atomic E-state index is 13.1. The first-order chi connectivity index (χ1) is 9.28. The lowest BCUT2D eigenvalue weighted by Gasteiger charge is -2.40. The maximum atomic E-state index is 13.1. The highest BCUT2D eigenvalue weighted by molar-refractivity contribution is 5.81. The zero-order chi connectivity index (χ0) is 13.3. The minimum absolute atomic E-state index is 0.278. The number of hydrogen-bond donors (Lipinski definition) is 1. The van der Waals surface area contributed by atoms with Crippen molar-refractivity contribution in [3.05, 3.63) is 30.0 Å². The van der Waals surface area contributed by atoms with Crippen LogP contribution in [-0.4, -0.2) is 22.0 Å². The molecule has 19 heavy (non-hydrogen) atoms. The summed E-state index contributed by atoms with van der Waals surface area (Å²) < 4.78 is 15.1. The Hall–Kier alpha value is -1.42. The summed E-state index contributed by atoms with van der Waals surface area (Å²) in [6.07, 6.45) is 3.01. The van der Waals surface area contributed by atoms with Crippen LogP contribution in [0, 0.1) is 0 Å². The zero-order valence-electron chi connectivity index (χ0n) is 11.3. The number of halogens is 1. The summed E-state index contributed by atoms with van der Waals surface area (Å²) in [4.78, 5) is 0. The molecule has 1 aliphatic carbocycles. The Morgan fingerprint density at radius 1 is 1.37 bits per heavy atom. The van der Waals surface area contributed by atoms with E-state index in [1.807, 2.05) is 16.8 Å². The van der Waals surface area contributed by atoms with Gasteiger partial charge in [0.1, 0.15) is 6.67 Å². The van der Waals surface area contributed by atoms with Crippen molar-refractivity contribution in [1.82, 2.24) is 15.1 Å². The monoisotopic (exact) mass is 261 g/mol. The van der Waals surface area contributed by atoms with Crippen molar-refractivity contribution in [3.63, 3.8) is 0 Å². The average molecular weight is 261 g/mol. The summed E-state index contributed by atoms with van der Waals surface area (Å²) in [5.41, 5.74) is 1.90. The van der Waals surface area contributed by atoms with Gasteiger partial charge >= 0.3 is 0 Å². The number of rotatable bonds is 5. The molecule has 1 saturated carbocycles. The van der Waals surface area contributed by atoms with Crippen molar-refractivity contribution in [2.24, 2.45) is 0 Å². The first kappa shape index (κ1) is 12.6. The number of alkyl halides is 1. The maximum Gasteiger partial charge on any atom is 0.108 e. The van der Waals surface area contributed by atoms with Crippen LogP contribution in [0.1, 0.15) is 31.9 Å². The minimum atomic E-state index is -0.281. The number of aromatic nitrogens is 2. The number of hydrogen-bond acceptors (Lipinski definition) is 2. The molecule has 0 bridgehead atoms. The van der Waals surface area contributed by atoms with Gasteiger partial charge in [0.2, 0.25) is 0 Å². The van der Waals surface area contributed by atoms with Gasteiger partial charge in [-0.25, -0.2) is 4.39 Å². The molecule has 0 unspecified atom stereocenters. The fraction of sp³-hybridized carbons (Fsp3) is 0.533. The molecule has 0 aliphatic heterocycles. The van der Waals surface area contributed by atoms with E-state index in [0.717, 1.165) is 37.0 Å². The van der Waals surface area contributed by atoms with E-state index in [1.165, 1.54) is 5.39 Å². The fourth-order valence-electron chi connectivity index (χ4n) is 2.80. The highest BCUT2D eigenvalue weighted by Crippen LogP contribution is 2.32. The summed E-state index contributed by atoms with van der Waals surface area (Å²) in [7, 11) is 0. The van der Waals surface area contributed by atoms with Gasteiger partial charge in [-0.3, -0.25) is 4.68 Å². The number of aryl methyl sites for hydroxylation is 1. The molecule has 3 rings (SSSR count). The van der Waals surface area contributed by atoms with Gasteiger partial charge in [0.25, 0.3) is 0 Å². The molecule has 4 heteroatoms. The van der Waals surface area contributed by atoms with E-state index < -0.39 is 0 Å². The Kier molecular flexibility index (Phi) is 3.27. The van der Waals surface area contributed by atoms with E-state index in [1.54, 1.807) is 0 Å². The van der Waals surface area contributed by atoms with Gasteiger partial charge < -0.3 is 5.32 Å². The topological polar surface area (TPSA) is 29.9 Å².